The maximum Gasteiger partial charge on any atom is 0.337 e. The SMILES string of the molecule is COC(=O)/C(=C/c1cc(C)cc(C)c1)COC(C)=O. The fraction of sp³-hybridized carbons (Fsp3) is 0.333. The van der Waals surface area contributed by atoms with Crippen molar-refractivity contribution in [1.29, 1.82) is 0 Å². The highest BCUT2D eigenvalue weighted by atomic mass is 16.5. The summed E-state index contributed by atoms with van der Waals surface area (Å²) in [6.45, 7) is 5.17. The lowest BCUT2D eigenvalue weighted by Gasteiger charge is -2.07. The fourth-order valence-electron chi connectivity index (χ4n) is 1.76. The Labute approximate surface area is 113 Å². The second kappa shape index (κ2) is 6.73. The zero-order valence-corrected chi connectivity index (χ0v) is 11.6. The average Bonchev–Trinajstić information content (AvgIpc) is 2.32. The quantitative estimate of drug-likeness (QED) is 0.617. The number of methoxy groups -OCH3 is 1. The van der Waals surface area contributed by atoms with Gasteiger partial charge in [-0.2, -0.15) is 0 Å². The maximum atomic E-state index is 11.6. The predicted molar refractivity (Wildman–Crippen MR) is 72.5 cm³/mol. The second-order valence-corrected chi connectivity index (χ2v) is 4.36. The van der Waals surface area contributed by atoms with Crippen molar-refractivity contribution in [2.75, 3.05) is 13.7 Å². The minimum Gasteiger partial charge on any atom is -0.466 e. The number of carbonyl (C=O) groups excluding carboxylic acids is 2. The summed E-state index contributed by atoms with van der Waals surface area (Å²) in [6, 6.07) is 5.94. The van der Waals surface area contributed by atoms with Crippen LogP contribution in [0, 0.1) is 13.8 Å². The zero-order chi connectivity index (χ0) is 14.4. The normalized spacial score (nSPS) is 11.1. The topological polar surface area (TPSA) is 52.6 Å². The van der Waals surface area contributed by atoms with Crippen LogP contribution in [-0.2, 0) is 19.1 Å². The summed E-state index contributed by atoms with van der Waals surface area (Å²) < 4.78 is 9.53. The molecule has 0 atom stereocenters. The van der Waals surface area contributed by atoms with E-state index in [1.54, 1.807) is 6.08 Å². The van der Waals surface area contributed by atoms with Gasteiger partial charge in [-0.15, -0.1) is 0 Å². The van der Waals surface area contributed by atoms with Crippen LogP contribution in [0.3, 0.4) is 0 Å². The van der Waals surface area contributed by atoms with Crippen LogP contribution in [0.2, 0.25) is 0 Å². The Balaban J connectivity index is 3.04. The number of hydrogen-bond acceptors (Lipinski definition) is 4. The van der Waals surface area contributed by atoms with E-state index in [4.69, 9.17) is 4.74 Å². The lowest BCUT2D eigenvalue weighted by atomic mass is 10.1. The van der Waals surface area contributed by atoms with Crippen LogP contribution in [-0.4, -0.2) is 25.7 Å². The van der Waals surface area contributed by atoms with Crippen LogP contribution < -0.4 is 0 Å². The molecule has 0 radical (unpaired) electrons. The van der Waals surface area contributed by atoms with Gasteiger partial charge in [-0.1, -0.05) is 29.3 Å². The molecule has 0 amide bonds. The maximum absolute atomic E-state index is 11.6. The van der Waals surface area contributed by atoms with E-state index in [0.717, 1.165) is 16.7 Å². The third-order valence-corrected chi connectivity index (χ3v) is 2.46. The Morgan fingerprint density at radius 1 is 1.16 bits per heavy atom. The van der Waals surface area contributed by atoms with E-state index in [2.05, 4.69) is 4.74 Å². The van der Waals surface area contributed by atoms with E-state index in [-0.39, 0.29) is 6.61 Å². The minimum atomic E-state index is -0.500. The molecular formula is C15H18O4. The van der Waals surface area contributed by atoms with E-state index in [1.807, 2.05) is 32.0 Å². The highest BCUT2D eigenvalue weighted by Gasteiger charge is 2.11. The van der Waals surface area contributed by atoms with Gasteiger partial charge in [-0.3, -0.25) is 4.79 Å². The molecule has 0 aliphatic heterocycles. The molecule has 1 rings (SSSR count). The second-order valence-electron chi connectivity index (χ2n) is 4.36. The number of ether oxygens (including phenoxy) is 2. The molecule has 0 spiro atoms. The third kappa shape index (κ3) is 4.95. The predicted octanol–water partition coefficient (Wildman–Crippen LogP) is 2.42. The molecule has 0 N–H and O–H groups in total. The molecular weight excluding hydrogens is 244 g/mol. The summed E-state index contributed by atoms with van der Waals surface area (Å²) in [5.41, 5.74) is 3.39. The van der Waals surface area contributed by atoms with Crippen LogP contribution in [0.25, 0.3) is 6.08 Å². The molecule has 19 heavy (non-hydrogen) atoms. The summed E-state index contributed by atoms with van der Waals surface area (Å²) in [4.78, 5) is 22.4. The summed E-state index contributed by atoms with van der Waals surface area (Å²) in [7, 11) is 1.30. The summed E-state index contributed by atoms with van der Waals surface area (Å²) in [6.07, 6.45) is 1.68. The van der Waals surface area contributed by atoms with E-state index in [9.17, 15) is 9.59 Å². The van der Waals surface area contributed by atoms with Gasteiger partial charge in [0.05, 0.1) is 12.7 Å². The van der Waals surface area contributed by atoms with Crippen molar-refractivity contribution in [2.24, 2.45) is 0 Å². The number of carbonyl (C=O) groups is 2. The van der Waals surface area contributed by atoms with E-state index >= 15 is 0 Å². The molecule has 1 aromatic rings. The first-order valence-corrected chi connectivity index (χ1v) is 5.93. The average molecular weight is 262 g/mol. The van der Waals surface area contributed by atoms with Crippen LogP contribution in [0.15, 0.2) is 23.8 Å². The van der Waals surface area contributed by atoms with Gasteiger partial charge in [-0.25, -0.2) is 4.79 Å². The number of aryl methyl sites for hydroxylation is 2. The van der Waals surface area contributed by atoms with Gasteiger partial charge in [0.15, 0.2) is 0 Å². The van der Waals surface area contributed by atoms with Crippen LogP contribution in [0.5, 0.6) is 0 Å². The van der Waals surface area contributed by atoms with Gasteiger partial charge in [0.25, 0.3) is 0 Å². The van der Waals surface area contributed by atoms with Crippen molar-refractivity contribution in [3.8, 4) is 0 Å². The van der Waals surface area contributed by atoms with Gasteiger partial charge in [0.1, 0.15) is 6.61 Å². The standard InChI is InChI=1S/C15H18O4/c1-10-5-11(2)7-13(6-10)8-14(15(17)18-4)9-19-12(3)16/h5-8H,9H2,1-4H3/b14-8+. The van der Waals surface area contributed by atoms with Crippen molar-refractivity contribution >= 4 is 18.0 Å². The van der Waals surface area contributed by atoms with Crippen LogP contribution >= 0.6 is 0 Å². The van der Waals surface area contributed by atoms with Gasteiger partial charge in [0, 0.05) is 6.92 Å². The molecule has 0 unspecified atom stereocenters. The number of esters is 2. The summed E-state index contributed by atoms with van der Waals surface area (Å²) in [5.74, 6) is -0.935. The molecule has 0 aliphatic rings. The monoisotopic (exact) mass is 262 g/mol. The molecule has 4 nitrogen and oxygen atoms in total. The molecule has 0 saturated carbocycles. The van der Waals surface area contributed by atoms with Crippen molar-refractivity contribution in [3.63, 3.8) is 0 Å². The molecule has 0 heterocycles. The molecule has 0 bridgehead atoms. The molecule has 0 fully saturated rings. The van der Waals surface area contributed by atoms with Gasteiger partial charge in [-0.05, 0) is 25.5 Å². The Morgan fingerprint density at radius 2 is 1.74 bits per heavy atom. The number of rotatable bonds is 4. The number of hydrogen-bond donors (Lipinski definition) is 0. The summed E-state index contributed by atoms with van der Waals surface area (Å²) in [5, 5.41) is 0. The smallest absolute Gasteiger partial charge is 0.337 e. The van der Waals surface area contributed by atoms with E-state index in [0.29, 0.717) is 5.57 Å². The van der Waals surface area contributed by atoms with Crippen molar-refractivity contribution < 1.29 is 19.1 Å². The molecule has 4 heteroatoms. The number of benzene rings is 1. The highest BCUT2D eigenvalue weighted by molar-refractivity contribution is 5.94. The molecule has 0 aromatic heterocycles. The van der Waals surface area contributed by atoms with Crippen molar-refractivity contribution in [1.82, 2.24) is 0 Å². The summed E-state index contributed by atoms with van der Waals surface area (Å²) >= 11 is 0. The Morgan fingerprint density at radius 3 is 2.21 bits per heavy atom. The fourth-order valence-corrected chi connectivity index (χ4v) is 1.76. The van der Waals surface area contributed by atoms with Crippen molar-refractivity contribution in [3.05, 3.63) is 40.5 Å². The van der Waals surface area contributed by atoms with E-state index < -0.39 is 11.9 Å². The minimum absolute atomic E-state index is 0.0883. The van der Waals surface area contributed by atoms with Crippen LogP contribution in [0.1, 0.15) is 23.6 Å². The Bertz CT molecular complexity index is 495. The van der Waals surface area contributed by atoms with Gasteiger partial charge in [0.2, 0.25) is 0 Å². The van der Waals surface area contributed by atoms with Gasteiger partial charge < -0.3 is 9.47 Å². The van der Waals surface area contributed by atoms with Gasteiger partial charge >= 0.3 is 11.9 Å². The molecule has 1 aromatic carbocycles. The largest absolute Gasteiger partial charge is 0.466 e. The highest BCUT2D eigenvalue weighted by Crippen LogP contribution is 2.13. The zero-order valence-electron chi connectivity index (χ0n) is 11.6. The lowest BCUT2D eigenvalue weighted by Crippen LogP contribution is -2.12. The third-order valence-electron chi connectivity index (χ3n) is 2.46. The van der Waals surface area contributed by atoms with E-state index in [1.165, 1.54) is 14.0 Å². The first-order chi connectivity index (χ1) is 8.92. The molecule has 102 valence electrons. The van der Waals surface area contributed by atoms with Crippen LogP contribution in [0.4, 0.5) is 0 Å². The Kier molecular flexibility index (Phi) is 5.30. The first-order valence-electron chi connectivity index (χ1n) is 5.93. The lowest BCUT2D eigenvalue weighted by molar-refractivity contribution is -0.141. The van der Waals surface area contributed by atoms with Crippen molar-refractivity contribution in [2.45, 2.75) is 20.8 Å². The molecule has 0 aliphatic carbocycles. The molecule has 0 saturated heterocycles. The first kappa shape index (κ1) is 15.0. The Hall–Kier alpha value is -2.10.